The molecule has 1 aromatic heterocycles. The Morgan fingerprint density at radius 1 is 1.50 bits per heavy atom. The van der Waals surface area contributed by atoms with E-state index in [0.717, 1.165) is 12.1 Å². The van der Waals surface area contributed by atoms with Crippen LogP contribution in [0.3, 0.4) is 0 Å². The predicted octanol–water partition coefficient (Wildman–Crippen LogP) is 2.07. The number of hydrogen-bond acceptors (Lipinski definition) is 4. The van der Waals surface area contributed by atoms with Crippen molar-refractivity contribution in [3.8, 4) is 0 Å². The van der Waals surface area contributed by atoms with Gasteiger partial charge in [-0.15, -0.1) is 11.3 Å². The largest absolute Gasteiger partial charge is 0.312 e. The van der Waals surface area contributed by atoms with Crippen LogP contribution < -0.4 is 10.5 Å². The van der Waals surface area contributed by atoms with E-state index < -0.39 is 10.0 Å². The third-order valence-corrected chi connectivity index (χ3v) is 6.46. The Bertz CT molecular complexity index is 498. The van der Waals surface area contributed by atoms with Gasteiger partial charge >= 0.3 is 0 Å². The van der Waals surface area contributed by atoms with Crippen molar-refractivity contribution in [2.24, 2.45) is 10.6 Å². The Labute approximate surface area is 113 Å². The van der Waals surface area contributed by atoms with Crippen molar-refractivity contribution < 1.29 is 8.42 Å². The van der Waals surface area contributed by atoms with E-state index >= 15 is 0 Å². The summed E-state index contributed by atoms with van der Waals surface area (Å²) in [4.78, 5) is 0. The summed E-state index contributed by atoms with van der Waals surface area (Å²) in [5, 5.41) is 10.3. The zero-order valence-electron chi connectivity index (χ0n) is 10.6. The third-order valence-electron chi connectivity index (χ3n) is 3.94. The van der Waals surface area contributed by atoms with Gasteiger partial charge in [0.25, 0.3) is 0 Å². The summed E-state index contributed by atoms with van der Waals surface area (Å²) in [5.41, 5.74) is 1.23. The van der Waals surface area contributed by atoms with E-state index in [1.165, 1.54) is 37.0 Å². The number of sulfonamides is 1. The fourth-order valence-electron chi connectivity index (χ4n) is 2.50. The van der Waals surface area contributed by atoms with Crippen molar-refractivity contribution in [1.29, 1.82) is 0 Å². The van der Waals surface area contributed by atoms with Crippen molar-refractivity contribution in [3.05, 3.63) is 17.0 Å². The Kier molecular flexibility index (Phi) is 4.11. The third kappa shape index (κ3) is 2.93. The summed E-state index contributed by atoms with van der Waals surface area (Å²) < 4.78 is 23.0. The van der Waals surface area contributed by atoms with Gasteiger partial charge in [0.1, 0.15) is 4.21 Å². The van der Waals surface area contributed by atoms with Crippen LogP contribution in [0, 0.1) is 5.41 Å². The monoisotopic (exact) mass is 288 g/mol. The van der Waals surface area contributed by atoms with Gasteiger partial charge < -0.3 is 5.32 Å². The number of nitrogens with two attached hydrogens (primary N) is 1. The van der Waals surface area contributed by atoms with Crippen LogP contribution in [-0.4, -0.2) is 15.0 Å². The predicted molar refractivity (Wildman–Crippen MR) is 74.0 cm³/mol. The minimum atomic E-state index is -3.57. The smallest absolute Gasteiger partial charge is 0.247 e. The molecule has 1 fully saturated rings. The first kappa shape index (κ1) is 14.0. The zero-order chi connectivity index (χ0) is 13.2. The van der Waals surface area contributed by atoms with E-state index in [9.17, 15) is 8.42 Å². The molecule has 0 aliphatic heterocycles. The average Bonchev–Trinajstić information content (AvgIpc) is 2.70. The van der Waals surface area contributed by atoms with Crippen LogP contribution in [0.2, 0.25) is 0 Å². The lowest BCUT2D eigenvalue weighted by Gasteiger charge is -2.41. The quantitative estimate of drug-likeness (QED) is 0.841. The highest BCUT2D eigenvalue weighted by Crippen LogP contribution is 2.43. The van der Waals surface area contributed by atoms with E-state index in [4.69, 9.17) is 5.14 Å². The number of primary sulfonamides is 1. The van der Waals surface area contributed by atoms with Gasteiger partial charge in [0.05, 0.1) is 0 Å². The highest BCUT2D eigenvalue weighted by Gasteiger charge is 2.34. The van der Waals surface area contributed by atoms with E-state index in [1.54, 1.807) is 5.38 Å². The summed E-state index contributed by atoms with van der Waals surface area (Å²) in [6.07, 6.45) is 5.06. The molecule has 1 saturated carbocycles. The molecule has 102 valence electrons. The Balaban J connectivity index is 1.93. The molecule has 0 amide bonds. The molecule has 1 aromatic rings. The molecule has 0 aromatic carbocycles. The van der Waals surface area contributed by atoms with Crippen LogP contribution in [0.25, 0.3) is 0 Å². The van der Waals surface area contributed by atoms with Crippen molar-refractivity contribution >= 4 is 21.4 Å². The summed E-state index contributed by atoms with van der Waals surface area (Å²) in [7, 11) is -3.57. The molecule has 4 nitrogen and oxygen atoms in total. The topological polar surface area (TPSA) is 72.2 Å². The maximum absolute atomic E-state index is 11.4. The number of hydrogen-bond donors (Lipinski definition) is 2. The molecular weight excluding hydrogens is 268 g/mol. The Hall–Kier alpha value is -0.430. The lowest BCUT2D eigenvalue weighted by atomic mass is 9.67. The second-order valence-electron chi connectivity index (χ2n) is 5.09. The minimum Gasteiger partial charge on any atom is -0.312 e. The molecule has 0 spiro atoms. The first-order valence-corrected chi connectivity index (χ1v) is 8.69. The van der Waals surface area contributed by atoms with E-state index in [2.05, 4.69) is 12.2 Å². The number of nitrogens with one attached hydrogen (secondary N) is 1. The highest BCUT2D eigenvalue weighted by atomic mass is 32.2. The standard InChI is InChI=1S/C12H20N2O2S2/c1-2-12(5-3-6-12)9-14-8-10-4-7-17-11(10)18(13,15)16/h4,7,14H,2-3,5-6,8-9H2,1H3,(H2,13,15,16). The first-order chi connectivity index (χ1) is 8.47. The van der Waals surface area contributed by atoms with Crippen molar-refractivity contribution in [2.75, 3.05) is 6.54 Å². The van der Waals surface area contributed by atoms with Crippen molar-refractivity contribution in [2.45, 2.75) is 43.4 Å². The minimum absolute atomic E-state index is 0.286. The lowest BCUT2D eigenvalue weighted by molar-refractivity contribution is 0.123. The normalized spacial score (nSPS) is 18.6. The zero-order valence-corrected chi connectivity index (χ0v) is 12.2. The molecule has 0 unspecified atom stereocenters. The van der Waals surface area contributed by atoms with Gasteiger partial charge in [0.15, 0.2) is 0 Å². The van der Waals surface area contributed by atoms with E-state index in [1.807, 2.05) is 6.07 Å². The molecule has 0 bridgehead atoms. The molecule has 0 radical (unpaired) electrons. The SMILES string of the molecule is CCC1(CNCc2ccsc2S(N)(=O)=O)CCC1. The highest BCUT2D eigenvalue weighted by molar-refractivity contribution is 7.91. The van der Waals surface area contributed by atoms with Gasteiger partial charge in [-0.1, -0.05) is 13.3 Å². The molecule has 3 N–H and O–H groups in total. The second kappa shape index (κ2) is 5.28. The summed E-state index contributed by atoms with van der Waals surface area (Å²) in [6, 6.07) is 1.83. The molecule has 1 aliphatic rings. The maximum Gasteiger partial charge on any atom is 0.247 e. The van der Waals surface area contributed by atoms with Crippen LogP contribution in [0.4, 0.5) is 0 Å². The van der Waals surface area contributed by atoms with Gasteiger partial charge in [-0.3, -0.25) is 0 Å². The molecule has 6 heteroatoms. The second-order valence-corrected chi connectivity index (χ2v) is 7.76. The molecule has 0 atom stereocenters. The maximum atomic E-state index is 11.4. The fraction of sp³-hybridized carbons (Fsp3) is 0.667. The summed E-state index contributed by atoms with van der Waals surface area (Å²) in [5.74, 6) is 0. The van der Waals surface area contributed by atoms with Crippen LogP contribution in [0.15, 0.2) is 15.7 Å². The Morgan fingerprint density at radius 2 is 2.22 bits per heavy atom. The lowest BCUT2D eigenvalue weighted by Crippen LogP contribution is -2.39. The average molecular weight is 288 g/mol. The van der Waals surface area contributed by atoms with E-state index in [0.29, 0.717) is 12.0 Å². The van der Waals surface area contributed by atoms with Crippen LogP contribution in [-0.2, 0) is 16.6 Å². The van der Waals surface area contributed by atoms with Gasteiger partial charge in [0.2, 0.25) is 10.0 Å². The van der Waals surface area contributed by atoms with Crippen molar-refractivity contribution in [3.63, 3.8) is 0 Å². The van der Waals surface area contributed by atoms with Gasteiger partial charge in [-0.05, 0) is 41.7 Å². The van der Waals surface area contributed by atoms with Crippen LogP contribution in [0.5, 0.6) is 0 Å². The Morgan fingerprint density at radius 3 is 2.72 bits per heavy atom. The first-order valence-electron chi connectivity index (χ1n) is 6.27. The summed E-state index contributed by atoms with van der Waals surface area (Å²) in [6.45, 7) is 3.77. The molecule has 1 aliphatic carbocycles. The summed E-state index contributed by atoms with van der Waals surface area (Å²) >= 11 is 1.19. The fourth-order valence-corrected chi connectivity index (χ4v) is 4.35. The van der Waals surface area contributed by atoms with Gasteiger partial charge in [-0.2, -0.15) is 0 Å². The molecule has 1 heterocycles. The van der Waals surface area contributed by atoms with Gasteiger partial charge in [0, 0.05) is 13.1 Å². The van der Waals surface area contributed by atoms with Crippen LogP contribution in [0.1, 0.15) is 38.2 Å². The molecular formula is C12H20N2O2S2. The number of rotatable bonds is 6. The molecule has 0 saturated heterocycles. The van der Waals surface area contributed by atoms with Crippen LogP contribution >= 0.6 is 11.3 Å². The van der Waals surface area contributed by atoms with E-state index in [-0.39, 0.29) is 4.21 Å². The van der Waals surface area contributed by atoms with Gasteiger partial charge in [-0.25, -0.2) is 13.6 Å². The van der Waals surface area contributed by atoms with Crippen molar-refractivity contribution in [1.82, 2.24) is 5.32 Å². The number of thiophene rings is 1. The molecule has 2 rings (SSSR count). The molecule has 18 heavy (non-hydrogen) atoms.